The van der Waals surface area contributed by atoms with Gasteiger partial charge in [0.25, 0.3) is 0 Å². The van der Waals surface area contributed by atoms with Crippen molar-refractivity contribution in [2.45, 2.75) is 83.2 Å². The third kappa shape index (κ3) is 3.48. The topological polar surface area (TPSA) is 15.3 Å². The molecule has 2 aliphatic rings. The highest BCUT2D eigenvalue weighted by Crippen LogP contribution is 2.35. The lowest BCUT2D eigenvalue weighted by molar-refractivity contribution is 0.0116. The molecule has 0 aromatic carbocycles. The molecule has 1 heterocycles. The van der Waals surface area contributed by atoms with Crippen LogP contribution in [-0.2, 0) is 0 Å². The van der Waals surface area contributed by atoms with E-state index in [0.29, 0.717) is 11.6 Å². The summed E-state index contributed by atoms with van der Waals surface area (Å²) in [6, 6.07) is 0.684. The van der Waals surface area contributed by atoms with E-state index in [0.717, 1.165) is 0 Å². The van der Waals surface area contributed by atoms with Crippen molar-refractivity contribution in [3.8, 4) is 0 Å². The maximum absolute atomic E-state index is 3.73. The summed E-state index contributed by atoms with van der Waals surface area (Å²) in [5.41, 5.74) is 0.525. The fraction of sp³-hybridized carbons (Fsp3) is 1.00. The second kappa shape index (κ2) is 6.91. The Hall–Kier alpha value is -0.0800. The van der Waals surface area contributed by atoms with E-state index in [-0.39, 0.29) is 0 Å². The Morgan fingerprint density at radius 3 is 2.61 bits per heavy atom. The zero-order chi connectivity index (χ0) is 12.8. The molecular formula is C16H32N2. The first-order valence-electron chi connectivity index (χ1n) is 8.25. The Balaban J connectivity index is 1.88. The Kier molecular flexibility index (Phi) is 5.50. The van der Waals surface area contributed by atoms with Crippen LogP contribution in [0.3, 0.4) is 0 Å². The predicted octanol–water partition coefficient (Wildman–Crippen LogP) is 3.56. The smallest absolute Gasteiger partial charge is 0.0334 e. The number of nitrogens with one attached hydrogen (secondary N) is 1. The van der Waals surface area contributed by atoms with Crippen LogP contribution in [0.5, 0.6) is 0 Å². The van der Waals surface area contributed by atoms with Gasteiger partial charge in [-0.3, -0.25) is 4.90 Å². The standard InChI is InChI=1S/C16H32N2/c1-3-4-5-9-12-18-13-15(2)17-14-16(18)10-7-6-8-11-16/h15,17H,3-14H2,1-2H3. The summed E-state index contributed by atoms with van der Waals surface area (Å²) in [5, 5.41) is 3.73. The van der Waals surface area contributed by atoms with Crippen LogP contribution >= 0.6 is 0 Å². The molecule has 1 saturated heterocycles. The van der Waals surface area contributed by atoms with Gasteiger partial charge in [-0.05, 0) is 32.7 Å². The van der Waals surface area contributed by atoms with Crippen LogP contribution in [-0.4, -0.2) is 36.1 Å². The lowest BCUT2D eigenvalue weighted by Gasteiger charge is -2.51. The van der Waals surface area contributed by atoms with Crippen molar-refractivity contribution >= 4 is 0 Å². The van der Waals surface area contributed by atoms with Crippen molar-refractivity contribution in [1.29, 1.82) is 0 Å². The van der Waals surface area contributed by atoms with Gasteiger partial charge in [0.05, 0.1) is 0 Å². The number of hydrogen-bond donors (Lipinski definition) is 1. The van der Waals surface area contributed by atoms with E-state index in [1.165, 1.54) is 77.4 Å². The van der Waals surface area contributed by atoms with Crippen LogP contribution in [0, 0.1) is 0 Å². The Morgan fingerprint density at radius 1 is 1.11 bits per heavy atom. The van der Waals surface area contributed by atoms with E-state index >= 15 is 0 Å². The molecule has 2 heteroatoms. The van der Waals surface area contributed by atoms with Crippen molar-refractivity contribution in [2.75, 3.05) is 19.6 Å². The van der Waals surface area contributed by atoms with Gasteiger partial charge >= 0.3 is 0 Å². The van der Waals surface area contributed by atoms with Gasteiger partial charge < -0.3 is 5.32 Å². The molecule has 2 fully saturated rings. The highest BCUT2D eigenvalue weighted by Gasteiger charge is 2.40. The molecule has 0 aromatic heterocycles. The fourth-order valence-electron chi connectivity index (χ4n) is 3.83. The molecular weight excluding hydrogens is 220 g/mol. The monoisotopic (exact) mass is 252 g/mol. The number of piperazine rings is 1. The summed E-state index contributed by atoms with van der Waals surface area (Å²) < 4.78 is 0. The van der Waals surface area contributed by atoms with Crippen LogP contribution in [0.2, 0.25) is 0 Å². The lowest BCUT2D eigenvalue weighted by Crippen LogP contribution is -2.64. The molecule has 1 saturated carbocycles. The summed E-state index contributed by atoms with van der Waals surface area (Å²) in [6.45, 7) is 8.49. The third-order valence-corrected chi connectivity index (χ3v) is 5.01. The first kappa shape index (κ1) is 14.3. The van der Waals surface area contributed by atoms with Gasteiger partial charge in [0, 0.05) is 24.7 Å². The highest BCUT2D eigenvalue weighted by atomic mass is 15.3. The summed E-state index contributed by atoms with van der Waals surface area (Å²) >= 11 is 0. The molecule has 0 aromatic rings. The molecule has 1 aliphatic carbocycles. The third-order valence-electron chi connectivity index (χ3n) is 5.01. The molecule has 1 unspecified atom stereocenters. The van der Waals surface area contributed by atoms with Crippen molar-refractivity contribution < 1.29 is 0 Å². The van der Waals surface area contributed by atoms with E-state index < -0.39 is 0 Å². The van der Waals surface area contributed by atoms with E-state index in [9.17, 15) is 0 Å². The number of nitrogens with zero attached hydrogens (tertiary/aromatic N) is 1. The molecule has 2 rings (SSSR count). The molecule has 1 aliphatic heterocycles. The van der Waals surface area contributed by atoms with Gasteiger partial charge in [-0.1, -0.05) is 45.4 Å². The Labute approximate surface area is 114 Å². The molecule has 0 radical (unpaired) electrons. The van der Waals surface area contributed by atoms with E-state index in [1.807, 2.05) is 0 Å². The Morgan fingerprint density at radius 2 is 1.89 bits per heavy atom. The van der Waals surface area contributed by atoms with Crippen LogP contribution in [0.15, 0.2) is 0 Å². The number of unbranched alkanes of at least 4 members (excludes halogenated alkanes) is 3. The first-order valence-corrected chi connectivity index (χ1v) is 8.25. The zero-order valence-corrected chi connectivity index (χ0v) is 12.5. The molecule has 1 N–H and O–H groups in total. The SMILES string of the molecule is CCCCCCN1CC(C)NCC12CCCCC2. The highest BCUT2D eigenvalue weighted by molar-refractivity contribution is 4.99. The summed E-state index contributed by atoms with van der Waals surface area (Å²) in [6.07, 6.45) is 12.8. The molecule has 1 atom stereocenters. The molecule has 106 valence electrons. The number of rotatable bonds is 5. The van der Waals surface area contributed by atoms with Gasteiger partial charge in [0.15, 0.2) is 0 Å². The second-order valence-electron chi connectivity index (χ2n) is 6.57. The lowest BCUT2D eigenvalue weighted by atomic mass is 9.78. The average molecular weight is 252 g/mol. The van der Waals surface area contributed by atoms with E-state index in [1.54, 1.807) is 0 Å². The quantitative estimate of drug-likeness (QED) is 0.753. The van der Waals surface area contributed by atoms with E-state index in [4.69, 9.17) is 0 Å². The van der Waals surface area contributed by atoms with Crippen LogP contribution in [0.4, 0.5) is 0 Å². The minimum atomic E-state index is 0.525. The molecule has 0 bridgehead atoms. The predicted molar refractivity (Wildman–Crippen MR) is 79.0 cm³/mol. The minimum absolute atomic E-state index is 0.525. The molecule has 18 heavy (non-hydrogen) atoms. The van der Waals surface area contributed by atoms with Crippen molar-refractivity contribution in [3.63, 3.8) is 0 Å². The van der Waals surface area contributed by atoms with Crippen molar-refractivity contribution in [1.82, 2.24) is 10.2 Å². The summed E-state index contributed by atoms with van der Waals surface area (Å²) in [7, 11) is 0. The van der Waals surface area contributed by atoms with Crippen LogP contribution in [0.1, 0.15) is 71.6 Å². The molecule has 0 amide bonds. The average Bonchev–Trinajstić information content (AvgIpc) is 2.40. The van der Waals surface area contributed by atoms with Gasteiger partial charge in [0.1, 0.15) is 0 Å². The maximum Gasteiger partial charge on any atom is 0.0334 e. The van der Waals surface area contributed by atoms with Gasteiger partial charge in [-0.15, -0.1) is 0 Å². The van der Waals surface area contributed by atoms with Gasteiger partial charge in [-0.25, -0.2) is 0 Å². The number of hydrogen-bond acceptors (Lipinski definition) is 2. The fourth-order valence-corrected chi connectivity index (χ4v) is 3.83. The van der Waals surface area contributed by atoms with Crippen molar-refractivity contribution in [3.05, 3.63) is 0 Å². The normalized spacial score (nSPS) is 28.7. The maximum atomic E-state index is 3.73. The van der Waals surface area contributed by atoms with E-state index in [2.05, 4.69) is 24.1 Å². The summed E-state index contributed by atoms with van der Waals surface area (Å²) in [5.74, 6) is 0. The zero-order valence-electron chi connectivity index (χ0n) is 12.5. The van der Waals surface area contributed by atoms with Gasteiger partial charge in [0.2, 0.25) is 0 Å². The Bertz CT molecular complexity index is 233. The van der Waals surface area contributed by atoms with Crippen molar-refractivity contribution in [2.24, 2.45) is 0 Å². The molecule has 1 spiro atoms. The largest absolute Gasteiger partial charge is 0.311 e. The van der Waals surface area contributed by atoms with Crippen LogP contribution < -0.4 is 5.32 Å². The molecule has 2 nitrogen and oxygen atoms in total. The van der Waals surface area contributed by atoms with Crippen LogP contribution in [0.25, 0.3) is 0 Å². The first-order chi connectivity index (χ1) is 8.77. The summed E-state index contributed by atoms with van der Waals surface area (Å²) in [4.78, 5) is 2.85. The van der Waals surface area contributed by atoms with Gasteiger partial charge in [-0.2, -0.15) is 0 Å². The second-order valence-corrected chi connectivity index (χ2v) is 6.57. The minimum Gasteiger partial charge on any atom is -0.311 e.